The van der Waals surface area contributed by atoms with Crippen molar-refractivity contribution in [1.82, 2.24) is 5.32 Å². The van der Waals surface area contributed by atoms with Gasteiger partial charge < -0.3 is 14.8 Å². The fraction of sp³-hybridized carbons (Fsp3) is 0.273. The average molecular weight is 220 g/mol. The number of carbonyl (C=O) groups is 1. The number of ether oxygens (including phenoxy) is 2. The van der Waals surface area contributed by atoms with Gasteiger partial charge >= 0.3 is 6.09 Å². The second-order valence-corrected chi connectivity index (χ2v) is 2.94. The number of carbonyl (C=O) groups excluding carboxylic acids is 1. The number of methoxy groups -OCH3 is 1. The molecule has 0 saturated carbocycles. The van der Waals surface area contributed by atoms with Crippen LogP contribution in [0, 0.1) is 11.3 Å². The zero-order valence-electron chi connectivity index (χ0n) is 8.90. The first-order valence-electron chi connectivity index (χ1n) is 4.66. The molecule has 0 bridgehead atoms. The zero-order valence-corrected chi connectivity index (χ0v) is 8.90. The van der Waals surface area contributed by atoms with Crippen LogP contribution in [0.3, 0.4) is 0 Å². The van der Waals surface area contributed by atoms with Crippen LogP contribution in [0.25, 0.3) is 0 Å². The third-order valence-corrected chi connectivity index (χ3v) is 1.82. The molecule has 0 fully saturated rings. The first kappa shape index (κ1) is 11.9. The number of benzene rings is 1. The molecule has 0 aliphatic heterocycles. The Morgan fingerprint density at radius 2 is 2.38 bits per heavy atom. The van der Waals surface area contributed by atoms with E-state index in [1.807, 2.05) is 12.1 Å². The molecule has 1 amide bonds. The van der Waals surface area contributed by atoms with Crippen molar-refractivity contribution in [3.63, 3.8) is 0 Å². The van der Waals surface area contributed by atoms with Gasteiger partial charge in [-0.1, -0.05) is 12.1 Å². The third kappa shape index (κ3) is 3.88. The summed E-state index contributed by atoms with van der Waals surface area (Å²) in [4.78, 5) is 11.0. The lowest BCUT2D eigenvalue weighted by Crippen LogP contribution is -2.24. The van der Waals surface area contributed by atoms with Crippen molar-refractivity contribution in [2.75, 3.05) is 13.7 Å². The second kappa shape index (κ2) is 6.30. The van der Waals surface area contributed by atoms with E-state index in [0.29, 0.717) is 5.75 Å². The molecule has 0 aliphatic rings. The minimum atomic E-state index is -0.607. The minimum absolute atomic E-state index is 0.0586. The van der Waals surface area contributed by atoms with Crippen LogP contribution in [0.5, 0.6) is 5.75 Å². The van der Waals surface area contributed by atoms with Crippen LogP contribution in [0.4, 0.5) is 4.79 Å². The van der Waals surface area contributed by atoms with Gasteiger partial charge in [0.25, 0.3) is 0 Å². The fourth-order valence-corrected chi connectivity index (χ4v) is 1.07. The summed E-state index contributed by atoms with van der Waals surface area (Å²) in [5, 5.41) is 10.5. The molecule has 0 saturated heterocycles. The van der Waals surface area contributed by atoms with E-state index >= 15 is 0 Å². The van der Waals surface area contributed by atoms with E-state index in [4.69, 9.17) is 14.7 Å². The molecule has 1 N–H and O–H groups in total. The molecule has 1 rings (SSSR count). The van der Waals surface area contributed by atoms with Gasteiger partial charge in [0.1, 0.15) is 18.9 Å². The number of nitrogens with zero attached hydrogens (tertiary/aromatic N) is 1. The summed E-state index contributed by atoms with van der Waals surface area (Å²) in [7, 11) is 1.57. The highest BCUT2D eigenvalue weighted by atomic mass is 16.5. The van der Waals surface area contributed by atoms with E-state index < -0.39 is 6.09 Å². The molecule has 16 heavy (non-hydrogen) atoms. The molecular formula is C11H12N2O3. The lowest BCUT2D eigenvalue weighted by atomic mass is 10.2. The topological polar surface area (TPSA) is 71.3 Å². The van der Waals surface area contributed by atoms with E-state index in [9.17, 15) is 4.79 Å². The van der Waals surface area contributed by atoms with E-state index in [2.05, 4.69) is 5.32 Å². The quantitative estimate of drug-likeness (QED) is 0.779. The van der Waals surface area contributed by atoms with Gasteiger partial charge in [-0.25, -0.2) is 4.79 Å². The summed E-state index contributed by atoms with van der Waals surface area (Å²) in [5.74, 6) is 0.707. The van der Waals surface area contributed by atoms with Gasteiger partial charge in [-0.05, 0) is 17.7 Å². The normalized spacial score (nSPS) is 9.00. The molecule has 0 aromatic heterocycles. The van der Waals surface area contributed by atoms with Crippen LogP contribution in [0.2, 0.25) is 0 Å². The van der Waals surface area contributed by atoms with E-state index in [1.165, 1.54) is 0 Å². The van der Waals surface area contributed by atoms with E-state index in [-0.39, 0.29) is 13.2 Å². The van der Waals surface area contributed by atoms with Crippen molar-refractivity contribution in [3.05, 3.63) is 29.8 Å². The SMILES string of the molecule is COc1cccc(COC(=O)NCC#N)c1. The maximum absolute atomic E-state index is 11.0. The molecular weight excluding hydrogens is 208 g/mol. The molecule has 1 aromatic carbocycles. The average Bonchev–Trinajstić information content (AvgIpc) is 2.34. The molecule has 0 heterocycles. The summed E-state index contributed by atoms with van der Waals surface area (Å²) < 4.78 is 9.90. The van der Waals surface area contributed by atoms with Gasteiger partial charge in [-0.3, -0.25) is 0 Å². The number of amides is 1. The molecule has 1 aromatic rings. The van der Waals surface area contributed by atoms with Gasteiger partial charge in [0.05, 0.1) is 13.2 Å². The number of hydrogen-bond acceptors (Lipinski definition) is 4. The second-order valence-electron chi connectivity index (χ2n) is 2.94. The Labute approximate surface area is 93.6 Å². The van der Waals surface area contributed by atoms with Gasteiger partial charge in [-0.2, -0.15) is 5.26 Å². The molecule has 0 radical (unpaired) electrons. The highest BCUT2D eigenvalue weighted by molar-refractivity contribution is 5.67. The largest absolute Gasteiger partial charge is 0.497 e. The monoisotopic (exact) mass is 220 g/mol. The summed E-state index contributed by atoms with van der Waals surface area (Å²) in [6, 6.07) is 8.99. The fourth-order valence-electron chi connectivity index (χ4n) is 1.07. The Bertz CT molecular complexity index is 398. The predicted octanol–water partition coefficient (Wildman–Crippen LogP) is 1.44. The minimum Gasteiger partial charge on any atom is -0.497 e. The molecule has 5 nitrogen and oxygen atoms in total. The van der Waals surface area contributed by atoms with Crippen LogP contribution < -0.4 is 10.1 Å². The van der Waals surface area contributed by atoms with Crippen LogP contribution in [0.1, 0.15) is 5.56 Å². The Morgan fingerprint density at radius 1 is 1.56 bits per heavy atom. The highest BCUT2D eigenvalue weighted by Gasteiger charge is 2.02. The van der Waals surface area contributed by atoms with E-state index in [1.54, 1.807) is 25.3 Å². The van der Waals surface area contributed by atoms with Gasteiger partial charge in [0, 0.05) is 0 Å². The van der Waals surface area contributed by atoms with Crippen molar-refractivity contribution in [2.45, 2.75) is 6.61 Å². The van der Waals surface area contributed by atoms with Crippen molar-refractivity contribution in [2.24, 2.45) is 0 Å². The van der Waals surface area contributed by atoms with Crippen LogP contribution in [0.15, 0.2) is 24.3 Å². The number of rotatable bonds is 4. The first-order valence-corrected chi connectivity index (χ1v) is 4.66. The van der Waals surface area contributed by atoms with Gasteiger partial charge in [0.2, 0.25) is 0 Å². The Morgan fingerprint density at radius 3 is 3.06 bits per heavy atom. The van der Waals surface area contributed by atoms with Crippen molar-refractivity contribution < 1.29 is 14.3 Å². The lowest BCUT2D eigenvalue weighted by Gasteiger charge is -2.06. The van der Waals surface area contributed by atoms with Gasteiger partial charge in [-0.15, -0.1) is 0 Å². The lowest BCUT2D eigenvalue weighted by molar-refractivity contribution is 0.141. The summed E-state index contributed by atoms with van der Waals surface area (Å²) in [5.41, 5.74) is 0.825. The molecule has 84 valence electrons. The highest BCUT2D eigenvalue weighted by Crippen LogP contribution is 2.13. The molecule has 0 atom stereocenters. The van der Waals surface area contributed by atoms with Crippen molar-refractivity contribution >= 4 is 6.09 Å². The van der Waals surface area contributed by atoms with Crippen LogP contribution >= 0.6 is 0 Å². The summed E-state index contributed by atoms with van der Waals surface area (Å²) in [6.07, 6.45) is -0.607. The maximum atomic E-state index is 11.0. The standard InChI is InChI=1S/C11H12N2O3/c1-15-10-4-2-3-9(7-10)8-16-11(14)13-6-5-12/h2-4,7H,6,8H2,1H3,(H,13,14). The maximum Gasteiger partial charge on any atom is 0.408 e. The third-order valence-electron chi connectivity index (χ3n) is 1.82. The molecule has 5 heteroatoms. The molecule has 0 unspecified atom stereocenters. The zero-order chi connectivity index (χ0) is 11.8. The van der Waals surface area contributed by atoms with Crippen molar-refractivity contribution in [3.8, 4) is 11.8 Å². The Kier molecular flexibility index (Phi) is 4.67. The number of alkyl carbamates (subject to hydrolysis) is 1. The predicted molar refractivity (Wildman–Crippen MR) is 56.8 cm³/mol. The van der Waals surface area contributed by atoms with Crippen LogP contribution in [-0.2, 0) is 11.3 Å². The number of hydrogen-bond donors (Lipinski definition) is 1. The Balaban J connectivity index is 2.42. The van der Waals surface area contributed by atoms with Crippen LogP contribution in [-0.4, -0.2) is 19.7 Å². The summed E-state index contributed by atoms with van der Waals surface area (Å²) >= 11 is 0. The Hall–Kier alpha value is -2.22. The molecule has 0 aliphatic carbocycles. The smallest absolute Gasteiger partial charge is 0.408 e. The molecule has 0 spiro atoms. The van der Waals surface area contributed by atoms with E-state index in [0.717, 1.165) is 5.56 Å². The van der Waals surface area contributed by atoms with Gasteiger partial charge in [0.15, 0.2) is 0 Å². The summed E-state index contributed by atoms with van der Waals surface area (Å²) in [6.45, 7) is 0.0887. The number of nitriles is 1. The van der Waals surface area contributed by atoms with Crippen molar-refractivity contribution in [1.29, 1.82) is 5.26 Å². The first-order chi connectivity index (χ1) is 7.76. The number of nitrogens with one attached hydrogen (secondary N) is 1.